The summed E-state index contributed by atoms with van der Waals surface area (Å²) in [6.07, 6.45) is 1.86. The van der Waals surface area contributed by atoms with Gasteiger partial charge >= 0.3 is 0 Å². The summed E-state index contributed by atoms with van der Waals surface area (Å²) in [5.41, 5.74) is 31.4. The molecular weight excluding hydrogens is 378 g/mol. The highest BCUT2D eigenvalue weighted by Crippen LogP contribution is 2.17. The smallest absolute Gasteiger partial charge is 0.147 e. The number of hydrogen-bond acceptors (Lipinski definition) is 8. The van der Waals surface area contributed by atoms with Gasteiger partial charge < -0.3 is 22.5 Å². The maximum Gasteiger partial charge on any atom is 0.147 e. The summed E-state index contributed by atoms with van der Waals surface area (Å²) in [6, 6.07) is 22.2. The van der Waals surface area contributed by atoms with Gasteiger partial charge in [-0.05, 0) is 78.0 Å². The van der Waals surface area contributed by atoms with Crippen LogP contribution < -0.4 is 38.8 Å². The third-order valence-corrected chi connectivity index (χ3v) is 4.22. The summed E-state index contributed by atoms with van der Waals surface area (Å²) in [5.74, 6) is 1.31. The van der Waals surface area contributed by atoms with Gasteiger partial charge in [0.25, 0.3) is 0 Å². The summed E-state index contributed by atoms with van der Waals surface area (Å²) in [6.45, 7) is 0. The van der Waals surface area contributed by atoms with Crippen LogP contribution in [0.3, 0.4) is 0 Å². The van der Waals surface area contributed by atoms with Crippen molar-refractivity contribution in [1.82, 2.24) is 16.1 Å². The average molecular weight is 401 g/mol. The molecule has 10 N–H and O–H groups in total. The van der Waals surface area contributed by atoms with Crippen molar-refractivity contribution in [2.45, 2.75) is 0 Å². The van der Waals surface area contributed by atoms with Gasteiger partial charge in [0, 0.05) is 28.8 Å². The minimum absolute atomic E-state index is 0.611. The molecule has 0 radical (unpaired) electrons. The second kappa shape index (κ2) is 8.33. The minimum atomic E-state index is 0.611. The number of nitrogens with one attached hydrogen (secondary N) is 4. The molecule has 0 unspecified atom stereocenters. The number of rotatable bonds is 5. The fourth-order valence-corrected chi connectivity index (χ4v) is 2.74. The maximum absolute atomic E-state index is 5.77. The summed E-state index contributed by atoms with van der Waals surface area (Å²) in [5, 5.41) is 4.91. The Morgan fingerprint density at radius 2 is 1.20 bits per heavy atom. The van der Waals surface area contributed by atoms with E-state index in [1.807, 2.05) is 78.9 Å². The normalized spacial score (nSPS) is 15.1. The van der Waals surface area contributed by atoms with Gasteiger partial charge in [0.15, 0.2) is 0 Å². The molecule has 0 atom stereocenters. The molecule has 9 nitrogen and oxygen atoms in total. The van der Waals surface area contributed by atoms with Crippen LogP contribution in [0.25, 0.3) is 0 Å². The number of anilines is 5. The first kappa shape index (κ1) is 19.0. The molecule has 1 aliphatic rings. The second-order valence-electron chi connectivity index (χ2n) is 6.69. The van der Waals surface area contributed by atoms with Gasteiger partial charge in [-0.1, -0.05) is 0 Å². The summed E-state index contributed by atoms with van der Waals surface area (Å²) < 4.78 is 0. The van der Waals surface area contributed by atoms with E-state index in [9.17, 15) is 0 Å². The Morgan fingerprint density at radius 1 is 0.667 bits per heavy atom. The van der Waals surface area contributed by atoms with Gasteiger partial charge in [-0.3, -0.25) is 16.3 Å². The number of hydrogen-bond donors (Lipinski definition) is 7. The van der Waals surface area contributed by atoms with Crippen molar-refractivity contribution in [2.75, 3.05) is 27.9 Å². The molecule has 1 heterocycles. The van der Waals surface area contributed by atoms with Crippen LogP contribution in [-0.2, 0) is 0 Å². The molecule has 0 fully saturated rings. The lowest BCUT2D eigenvalue weighted by atomic mass is 10.3. The van der Waals surface area contributed by atoms with E-state index in [0.29, 0.717) is 28.7 Å². The zero-order valence-corrected chi connectivity index (χ0v) is 16.1. The van der Waals surface area contributed by atoms with Crippen molar-refractivity contribution >= 4 is 40.0 Å². The number of aliphatic imine (C=N–C) groups is 1. The Labute approximate surface area is 174 Å². The van der Waals surface area contributed by atoms with Gasteiger partial charge in [0.1, 0.15) is 11.7 Å². The van der Waals surface area contributed by atoms with Crippen LogP contribution in [0.4, 0.5) is 34.1 Å². The number of benzene rings is 3. The molecule has 152 valence electrons. The SMILES string of the molecule is Nc1ccc(N=C2C=C(Nc3ccc(N)cc3)NN(Nc3ccc(N)cc3)N2)cc1. The molecule has 0 saturated carbocycles. The molecule has 0 aliphatic carbocycles. The molecular formula is C21H23N9. The molecule has 0 saturated heterocycles. The van der Waals surface area contributed by atoms with Crippen molar-refractivity contribution in [2.24, 2.45) is 4.99 Å². The lowest BCUT2D eigenvalue weighted by Crippen LogP contribution is -2.57. The first-order valence-corrected chi connectivity index (χ1v) is 9.28. The quantitative estimate of drug-likeness (QED) is 0.324. The average Bonchev–Trinajstić information content (AvgIpc) is 2.73. The third-order valence-electron chi connectivity index (χ3n) is 4.22. The monoisotopic (exact) mass is 401 g/mol. The number of nitrogen functional groups attached to an aromatic ring is 3. The summed E-state index contributed by atoms with van der Waals surface area (Å²) in [4.78, 5) is 4.64. The van der Waals surface area contributed by atoms with E-state index >= 15 is 0 Å². The van der Waals surface area contributed by atoms with Crippen LogP contribution in [0.15, 0.2) is 89.7 Å². The lowest BCUT2D eigenvalue weighted by molar-refractivity contribution is 0.216. The third kappa shape index (κ3) is 4.91. The fourth-order valence-electron chi connectivity index (χ4n) is 2.74. The molecule has 0 spiro atoms. The summed E-state index contributed by atoms with van der Waals surface area (Å²) >= 11 is 0. The molecule has 3 aromatic carbocycles. The second-order valence-corrected chi connectivity index (χ2v) is 6.69. The Bertz CT molecular complexity index is 1060. The van der Waals surface area contributed by atoms with E-state index in [1.165, 1.54) is 0 Å². The van der Waals surface area contributed by atoms with Crippen molar-refractivity contribution in [1.29, 1.82) is 0 Å². The van der Waals surface area contributed by atoms with E-state index in [4.69, 9.17) is 17.2 Å². The maximum atomic E-state index is 5.77. The number of nitrogens with two attached hydrogens (primary N) is 3. The molecule has 4 rings (SSSR count). The first-order chi connectivity index (χ1) is 14.5. The van der Waals surface area contributed by atoms with Crippen LogP contribution in [0.5, 0.6) is 0 Å². The van der Waals surface area contributed by atoms with E-state index in [2.05, 4.69) is 26.6 Å². The number of nitrogens with zero attached hydrogens (tertiary/aromatic N) is 2. The van der Waals surface area contributed by atoms with Crippen molar-refractivity contribution < 1.29 is 0 Å². The number of amidine groups is 1. The Balaban J connectivity index is 1.58. The molecule has 3 aromatic rings. The highest BCUT2D eigenvalue weighted by molar-refractivity contribution is 5.96. The fraction of sp³-hybridized carbons (Fsp3) is 0. The van der Waals surface area contributed by atoms with Gasteiger partial charge in [-0.15, -0.1) is 0 Å². The predicted octanol–water partition coefficient (Wildman–Crippen LogP) is 2.77. The highest BCUT2D eigenvalue weighted by Gasteiger charge is 2.16. The topological polar surface area (TPSA) is 142 Å². The lowest BCUT2D eigenvalue weighted by Gasteiger charge is -2.31. The zero-order valence-electron chi connectivity index (χ0n) is 16.1. The van der Waals surface area contributed by atoms with Crippen LogP contribution in [0.2, 0.25) is 0 Å². The molecule has 0 amide bonds. The van der Waals surface area contributed by atoms with E-state index < -0.39 is 0 Å². The van der Waals surface area contributed by atoms with Gasteiger partial charge in [-0.2, -0.15) is 0 Å². The van der Waals surface area contributed by atoms with Gasteiger partial charge in [0.2, 0.25) is 0 Å². The zero-order chi connectivity index (χ0) is 20.9. The van der Waals surface area contributed by atoms with Gasteiger partial charge in [-0.25, -0.2) is 4.99 Å². The highest BCUT2D eigenvalue weighted by atomic mass is 15.9. The predicted molar refractivity (Wildman–Crippen MR) is 123 cm³/mol. The Hall–Kier alpha value is -4.37. The Kier molecular flexibility index (Phi) is 5.27. The van der Waals surface area contributed by atoms with E-state index in [1.54, 1.807) is 5.23 Å². The molecule has 0 aromatic heterocycles. The van der Waals surface area contributed by atoms with Crippen LogP contribution >= 0.6 is 0 Å². The first-order valence-electron chi connectivity index (χ1n) is 9.28. The van der Waals surface area contributed by atoms with Crippen LogP contribution in [0.1, 0.15) is 0 Å². The standard InChI is InChI=1S/C21H23N9/c22-14-1-7-17(8-2-14)25-20-13-21(26-18-9-3-15(23)4-10-18)29-30(28-20)27-19-11-5-16(24)6-12-19/h1-13,25,27-28H,22-24H2,(H,26,29). The summed E-state index contributed by atoms with van der Waals surface area (Å²) in [7, 11) is 0. The minimum Gasteiger partial charge on any atom is -0.399 e. The van der Waals surface area contributed by atoms with Crippen LogP contribution in [0, 0.1) is 0 Å². The molecule has 1 aliphatic heterocycles. The van der Waals surface area contributed by atoms with E-state index in [0.717, 1.165) is 17.1 Å². The molecule has 9 heteroatoms. The molecule has 0 bridgehead atoms. The molecule has 30 heavy (non-hydrogen) atoms. The van der Waals surface area contributed by atoms with Crippen molar-refractivity contribution in [3.8, 4) is 0 Å². The van der Waals surface area contributed by atoms with Gasteiger partial charge in [0.05, 0.1) is 11.4 Å². The van der Waals surface area contributed by atoms with Crippen LogP contribution in [-0.4, -0.2) is 11.1 Å². The van der Waals surface area contributed by atoms with Crippen molar-refractivity contribution in [3.05, 3.63) is 84.7 Å². The number of hydrazine groups is 3. The van der Waals surface area contributed by atoms with Crippen molar-refractivity contribution in [3.63, 3.8) is 0 Å². The largest absolute Gasteiger partial charge is 0.399 e. The Morgan fingerprint density at radius 3 is 1.80 bits per heavy atom. The van der Waals surface area contributed by atoms with E-state index in [-0.39, 0.29) is 0 Å².